The van der Waals surface area contributed by atoms with Crippen molar-refractivity contribution in [2.45, 2.75) is 26.3 Å². The number of hydrogen-bond acceptors (Lipinski definition) is 3. The Morgan fingerprint density at radius 1 is 1.15 bits per heavy atom. The van der Waals surface area contributed by atoms with Crippen LogP contribution in [0, 0.1) is 12.3 Å². The number of carbonyl (C=O) groups excluding carboxylic acids is 2. The van der Waals surface area contributed by atoms with Crippen LogP contribution < -0.4 is 21.8 Å². The van der Waals surface area contributed by atoms with Gasteiger partial charge in [0.25, 0.3) is 0 Å². The molecule has 2 rings (SSSR count). The summed E-state index contributed by atoms with van der Waals surface area (Å²) in [5.74, 6) is -0.776. The Bertz CT molecular complexity index is 834. The standard InChI is InChI=1S/C19H23BN4O2/c1-11-3-4-14(9-16(11)20)12(2)23-17(25)10-18(26)24-15-7-5-13(6-8-15)19(21)22/h3-9,12H,10,20H2,1-2H3,(H3,21,22)(H,23,25)(H,24,26). The average Bonchev–Trinajstić information content (AvgIpc) is 2.57. The zero-order chi connectivity index (χ0) is 19.3. The topological polar surface area (TPSA) is 108 Å². The Balaban J connectivity index is 1.89. The molecule has 2 amide bonds. The van der Waals surface area contributed by atoms with E-state index in [1.807, 2.05) is 39.9 Å². The summed E-state index contributed by atoms with van der Waals surface area (Å²) in [5, 5.41) is 12.8. The smallest absolute Gasteiger partial charge is 0.233 e. The van der Waals surface area contributed by atoms with E-state index in [2.05, 4.69) is 10.6 Å². The first-order chi connectivity index (χ1) is 12.3. The maximum Gasteiger partial charge on any atom is 0.233 e. The number of nitrogen functional groups attached to an aromatic ring is 1. The number of amides is 2. The van der Waals surface area contributed by atoms with Gasteiger partial charge >= 0.3 is 0 Å². The van der Waals surface area contributed by atoms with Crippen LogP contribution in [0.4, 0.5) is 5.69 Å². The van der Waals surface area contributed by atoms with E-state index in [1.54, 1.807) is 24.3 Å². The minimum atomic E-state index is -0.398. The molecule has 0 aliphatic rings. The molecule has 0 saturated heterocycles. The van der Waals surface area contributed by atoms with Crippen molar-refractivity contribution in [2.24, 2.45) is 5.73 Å². The molecule has 0 aromatic heterocycles. The van der Waals surface area contributed by atoms with E-state index in [9.17, 15) is 9.59 Å². The summed E-state index contributed by atoms with van der Waals surface area (Å²) in [6.07, 6.45) is -0.260. The number of anilines is 1. The summed E-state index contributed by atoms with van der Waals surface area (Å²) in [5.41, 5.74) is 9.87. The first-order valence-electron chi connectivity index (χ1n) is 8.37. The number of nitrogens with one attached hydrogen (secondary N) is 3. The fraction of sp³-hybridized carbons (Fsp3) is 0.211. The lowest BCUT2D eigenvalue weighted by molar-refractivity contribution is -0.127. The normalized spacial score (nSPS) is 11.5. The van der Waals surface area contributed by atoms with Crippen LogP contribution in [-0.2, 0) is 9.59 Å². The quantitative estimate of drug-likeness (QED) is 0.267. The predicted octanol–water partition coefficient (Wildman–Crippen LogP) is 0.743. The van der Waals surface area contributed by atoms with Gasteiger partial charge in [0.15, 0.2) is 0 Å². The van der Waals surface area contributed by atoms with Crippen molar-refractivity contribution >= 4 is 36.6 Å². The van der Waals surface area contributed by atoms with Crippen LogP contribution in [0.1, 0.15) is 36.1 Å². The summed E-state index contributed by atoms with van der Waals surface area (Å²) >= 11 is 0. The Morgan fingerprint density at radius 3 is 2.38 bits per heavy atom. The molecule has 1 unspecified atom stereocenters. The van der Waals surface area contributed by atoms with Crippen LogP contribution in [0.15, 0.2) is 42.5 Å². The number of amidine groups is 1. The summed E-state index contributed by atoms with van der Waals surface area (Å²) in [7, 11) is 2.03. The summed E-state index contributed by atoms with van der Waals surface area (Å²) < 4.78 is 0. The molecule has 2 aromatic carbocycles. The van der Waals surface area contributed by atoms with Gasteiger partial charge in [-0.2, -0.15) is 0 Å². The molecule has 0 bridgehead atoms. The lowest BCUT2D eigenvalue weighted by Gasteiger charge is -2.16. The average molecular weight is 350 g/mol. The number of aryl methyl sites for hydroxylation is 1. The molecular weight excluding hydrogens is 327 g/mol. The highest BCUT2D eigenvalue weighted by Crippen LogP contribution is 2.12. The lowest BCUT2D eigenvalue weighted by Crippen LogP contribution is -2.30. The molecule has 7 heteroatoms. The van der Waals surface area contributed by atoms with Gasteiger partial charge in [0, 0.05) is 11.3 Å². The molecule has 0 saturated carbocycles. The second kappa shape index (κ2) is 8.33. The van der Waals surface area contributed by atoms with Gasteiger partial charge in [-0.25, -0.2) is 0 Å². The van der Waals surface area contributed by atoms with Gasteiger partial charge in [0.05, 0.1) is 6.04 Å². The molecule has 0 aliphatic heterocycles. The van der Waals surface area contributed by atoms with E-state index >= 15 is 0 Å². The van der Waals surface area contributed by atoms with E-state index < -0.39 is 5.91 Å². The third-order valence-corrected chi connectivity index (χ3v) is 4.21. The third-order valence-electron chi connectivity index (χ3n) is 4.21. The van der Waals surface area contributed by atoms with Crippen LogP contribution >= 0.6 is 0 Å². The van der Waals surface area contributed by atoms with Gasteiger partial charge in [-0.05, 0) is 43.7 Å². The van der Waals surface area contributed by atoms with Crippen LogP contribution in [0.5, 0.6) is 0 Å². The Hall–Kier alpha value is -3.09. The third kappa shape index (κ3) is 5.21. The van der Waals surface area contributed by atoms with E-state index in [-0.39, 0.29) is 24.2 Å². The second-order valence-corrected chi connectivity index (χ2v) is 6.35. The van der Waals surface area contributed by atoms with Gasteiger partial charge in [0.1, 0.15) is 20.1 Å². The van der Waals surface area contributed by atoms with Gasteiger partial charge in [0.2, 0.25) is 11.8 Å². The Kier molecular flexibility index (Phi) is 6.17. The number of rotatable bonds is 6. The molecule has 0 spiro atoms. The highest BCUT2D eigenvalue weighted by atomic mass is 16.2. The molecule has 0 heterocycles. The van der Waals surface area contributed by atoms with Crippen LogP contribution in [0.25, 0.3) is 0 Å². The summed E-state index contributed by atoms with van der Waals surface area (Å²) in [6.45, 7) is 3.93. The molecule has 2 aromatic rings. The number of carbonyl (C=O) groups is 2. The first-order valence-corrected chi connectivity index (χ1v) is 8.37. The number of benzene rings is 2. The summed E-state index contributed by atoms with van der Waals surface area (Å²) in [4.78, 5) is 24.1. The molecule has 0 fully saturated rings. The maximum atomic E-state index is 12.1. The predicted molar refractivity (Wildman–Crippen MR) is 107 cm³/mol. The van der Waals surface area contributed by atoms with Crippen molar-refractivity contribution in [3.8, 4) is 0 Å². The fourth-order valence-corrected chi connectivity index (χ4v) is 2.49. The maximum absolute atomic E-state index is 12.1. The number of nitrogens with two attached hydrogens (primary N) is 1. The zero-order valence-electron chi connectivity index (χ0n) is 15.2. The SMILES string of the molecule is Bc1cc(C(C)NC(=O)CC(=O)Nc2ccc(C(=N)N)cc2)ccc1C. The van der Waals surface area contributed by atoms with Gasteiger partial charge in [-0.1, -0.05) is 29.2 Å². The molecule has 26 heavy (non-hydrogen) atoms. The van der Waals surface area contributed by atoms with Crippen molar-refractivity contribution < 1.29 is 9.59 Å². The molecule has 0 aliphatic carbocycles. The van der Waals surface area contributed by atoms with Crippen molar-refractivity contribution in [1.82, 2.24) is 5.32 Å². The van der Waals surface area contributed by atoms with Gasteiger partial charge in [-0.3, -0.25) is 15.0 Å². The molecule has 6 nitrogen and oxygen atoms in total. The van der Waals surface area contributed by atoms with E-state index in [4.69, 9.17) is 11.1 Å². The highest BCUT2D eigenvalue weighted by Gasteiger charge is 2.14. The number of hydrogen-bond donors (Lipinski definition) is 4. The first kappa shape index (κ1) is 19.2. The summed E-state index contributed by atoms with van der Waals surface area (Å²) in [6, 6.07) is 12.4. The van der Waals surface area contributed by atoms with Crippen molar-refractivity contribution in [2.75, 3.05) is 5.32 Å². The van der Waals surface area contributed by atoms with Crippen LogP contribution in [0.2, 0.25) is 0 Å². The minimum absolute atomic E-state index is 0.0393. The fourth-order valence-electron chi connectivity index (χ4n) is 2.49. The second-order valence-electron chi connectivity index (χ2n) is 6.35. The van der Waals surface area contributed by atoms with E-state index in [1.165, 1.54) is 5.56 Å². The lowest BCUT2D eigenvalue weighted by atomic mass is 9.88. The van der Waals surface area contributed by atoms with Crippen LogP contribution in [-0.4, -0.2) is 25.5 Å². The van der Waals surface area contributed by atoms with E-state index in [0.717, 1.165) is 11.0 Å². The van der Waals surface area contributed by atoms with E-state index in [0.29, 0.717) is 11.3 Å². The van der Waals surface area contributed by atoms with Crippen molar-refractivity contribution in [1.29, 1.82) is 5.41 Å². The molecular formula is C19H23BN4O2. The largest absolute Gasteiger partial charge is 0.384 e. The Morgan fingerprint density at radius 2 is 1.81 bits per heavy atom. The zero-order valence-corrected chi connectivity index (χ0v) is 15.2. The van der Waals surface area contributed by atoms with Crippen molar-refractivity contribution in [3.05, 3.63) is 59.2 Å². The minimum Gasteiger partial charge on any atom is -0.384 e. The molecule has 1 atom stereocenters. The highest BCUT2D eigenvalue weighted by molar-refractivity contribution is 6.33. The Labute approximate surface area is 154 Å². The molecule has 5 N–H and O–H groups in total. The van der Waals surface area contributed by atoms with Gasteiger partial charge < -0.3 is 16.4 Å². The molecule has 0 radical (unpaired) electrons. The molecule has 134 valence electrons. The van der Waals surface area contributed by atoms with Crippen LogP contribution in [0.3, 0.4) is 0 Å². The monoisotopic (exact) mass is 350 g/mol. The van der Waals surface area contributed by atoms with Crippen molar-refractivity contribution in [3.63, 3.8) is 0 Å². The van der Waals surface area contributed by atoms with Gasteiger partial charge in [-0.15, -0.1) is 0 Å².